The van der Waals surface area contributed by atoms with Crippen LogP contribution in [-0.4, -0.2) is 39.9 Å². The molecule has 0 fully saturated rings. The van der Waals surface area contributed by atoms with E-state index in [0.29, 0.717) is 32.3 Å². The highest BCUT2D eigenvalue weighted by molar-refractivity contribution is 14.0. The zero-order chi connectivity index (χ0) is 19.3. The number of guanidine groups is 1. The minimum Gasteiger partial charge on any atom is -0.497 e. The van der Waals surface area contributed by atoms with Gasteiger partial charge in [-0.2, -0.15) is 0 Å². The van der Waals surface area contributed by atoms with Gasteiger partial charge in [0.2, 0.25) is 0 Å². The van der Waals surface area contributed by atoms with E-state index in [4.69, 9.17) is 14.2 Å². The third kappa shape index (κ3) is 8.08. The largest absolute Gasteiger partial charge is 0.497 e. The zero-order valence-electron chi connectivity index (χ0n) is 16.3. The Hall–Kier alpha value is -2.42. The molecule has 6 nitrogen and oxygen atoms in total. The summed E-state index contributed by atoms with van der Waals surface area (Å²) in [7, 11) is 3.38. The Bertz CT molecular complexity index is 736. The number of aliphatic imine (C=N–C) groups is 1. The van der Waals surface area contributed by atoms with Crippen molar-refractivity contribution in [1.82, 2.24) is 10.6 Å². The molecule has 0 heterocycles. The lowest BCUT2D eigenvalue weighted by Gasteiger charge is -2.14. The van der Waals surface area contributed by atoms with Crippen LogP contribution >= 0.6 is 24.0 Å². The molecule has 7 heteroatoms. The number of methoxy groups -OCH3 is 1. The van der Waals surface area contributed by atoms with Crippen LogP contribution in [-0.2, 0) is 6.54 Å². The Morgan fingerprint density at radius 2 is 1.75 bits per heavy atom. The molecular formula is C21H28IN3O3. The number of halogens is 1. The van der Waals surface area contributed by atoms with Crippen LogP contribution in [0.25, 0.3) is 0 Å². The molecule has 2 aromatic carbocycles. The molecule has 0 saturated carbocycles. The van der Waals surface area contributed by atoms with Gasteiger partial charge in [-0.25, -0.2) is 0 Å². The van der Waals surface area contributed by atoms with Crippen molar-refractivity contribution in [1.29, 1.82) is 0 Å². The molecule has 2 aromatic rings. The minimum atomic E-state index is 0. The molecule has 0 aliphatic carbocycles. The molecule has 0 aliphatic heterocycles. The van der Waals surface area contributed by atoms with Crippen LogP contribution in [0.15, 0.2) is 66.2 Å². The maximum Gasteiger partial charge on any atom is 0.191 e. The smallest absolute Gasteiger partial charge is 0.191 e. The van der Waals surface area contributed by atoms with Gasteiger partial charge in [0.25, 0.3) is 0 Å². The number of nitrogens with zero attached hydrogens (tertiary/aromatic N) is 1. The van der Waals surface area contributed by atoms with Crippen molar-refractivity contribution < 1.29 is 14.2 Å². The molecule has 152 valence electrons. The molecule has 0 saturated heterocycles. The maximum absolute atomic E-state index is 5.70. The summed E-state index contributed by atoms with van der Waals surface area (Å²) >= 11 is 0. The lowest BCUT2D eigenvalue weighted by Crippen LogP contribution is -2.38. The van der Waals surface area contributed by atoms with Crippen molar-refractivity contribution in [2.45, 2.75) is 6.54 Å². The van der Waals surface area contributed by atoms with Crippen LogP contribution in [0.5, 0.6) is 17.2 Å². The SMILES string of the molecule is C=CCOc1ccccc1CNC(=NC)NCCOc1ccc(OC)cc1.I. The van der Waals surface area contributed by atoms with E-state index in [-0.39, 0.29) is 24.0 Å². The Balaban J connectivity index is 0.00000392. The van der Waals surface area contributed by atoms with Gasteiger partial charge >= 0.3 is 0 Å². The van der Waals surface area contributed by atoms with Crippen molar-refractivity contribution in [3.05, 3.63) is 66.7 Å². The molecule has 0 spiro atoms. The van der Waals surface area contributed by atoms with Crippen molar-refractivity contribution >= 4 is 29.9 Å². The summed E-state index contributed by atoms with van der Waals surface area (Å²) in [6.07, 6.45) is 1.73. The van der Waals surface area contributed by atoms with Gasteiger partial charge in [0.05, 0.1) is 13.7 Å². The van der Waals surface area contributed by atoms with E-state index in [1.165, 1.54) is 0 Å². The number of ether oxygens (including phenoxy) is 3. The molecule has 0 atom stereocenters. The highest BCUT2D eigenvalue weighted by atomic mass is 127. The highest BCUT2D eigenvalue weighted by Gasteiger charge is 2.04. The second-order valence-corrected chi connectivity index (χ2v) is 5.58. The Kier molecular flexibility index (Phi) is 11.6. The topological polar surface area (TPSA) is 64.1 Å². The van der Waals surface area contributed by atoms with E-state index in [1.54, 1.807) is 20.2 Å². The number of nitrogens with one attached hydrogen (secondary N) is 2. The molecule has 0 radical (unpaired) electrons. The number of para-hydroxylation sites is 1. The van der Waals surface area contributed by atoms with E-state index < -0.39 is 0 Å². The lowest BCUT2D eigenvalue weighted by molar-refractivity contribution is 0.321. The van der Waals surface area contributed by atoms with E-state index in [9.17, 15) is 0 Å². The van der Waals surface area contributed by atoms with E-state index in [2.05, 4.69) is 22.2 Å². The monoisotopic (exact) mass is 497 g/mol. The minimum absolute atomic E-state index is 0. The third-order valence-electron chi connectivity index (χ3n) is 3.72. The van der Waals surface area contributed by atoms with Gasteiger partial charge in [-0.15, -0.1) is 24.0 Å². The molecule has 0 bridgehead atoms. The molecule has 0 amide bonds. The summed E-state index contributed by atoms with van der Waals surface area (Å²) in [6, 6.07) is 15.4. The van der Waals surface area contributed by atoms with Gasteiger partial charge in [-0.1, -0.05) is 30.9 Å². The van der Waals surface area contributed by atoms with Gasteiger partial charge in [-0.3, -0.25) is 4.99 Å². The highest BCUT2D eigenvalue weighted by Crippen LogP contribution is 2.18. The van der Waals surface area contributed by atoms with Crippen LogP contribution < -0.4 is 24.8 Å². The van der Waals surface area contributed by atoms with Crippen LogP contribution in [0.4, 0.5) is 0 Å². The summed E-state index contributed by atoms with van der Waals surface area (Å²) in [5.74, 6) is 3.14. The average Bonchev–Trinajstić information content (AvgIpc) is 2.72. The molecule has 0 aromatic heterocycles. The summed E-state index contributed by atoms with van der Waals surface area (Å²) in [6.45, 7) is 5.90. The number of rotatable bonds is 10. The average molecular weight is 497 g/mol. The first kappa shape index (κ1) is 23.6. The normalized spacial score (nSPS) is 10.4. The summed E-state index contributed by atoms with van der Waals surface area (Å²) < 4.78 is 16.5. The predicted molar refractivity (Wildman–Crippen MR) is 124 cm³/mol. The molecule has 2 rings (SSSR count). The number of hydrogen-bond acceptors (Lipinski definition) is 4. The van der Waals surface area contributed by atoms with E-state index in [1.807, 2.05) is 48.5 Å². The van der Waals surface area contributed by atoms with Crippen molar-refractivity contribution in [2.75, 3.05) is 33.9 Å². The van der Waals surface area contributed by atoms with Crippen LogP contribution in [0, 0.1) is 0 Å². The molecule has 28 heavy (non-hydrogen) atoms. The fraction of sp³-hybridized carbons (Fsp3) is 0.286. The first-order valence-corrected chi connectivity index (χ1v) is 8.79. The summed E-state index contributed by atoms with van der Waals surface area (Å²) in [5, 5.41) is 6.50. The van der Waals surface area contributed by atoms with Crippen LogP contribution in [0.2, 0.25) is 0 Å². The fourth-order valence-corrected chi connectivity index (χ4v) is 2.35. The van der Waals surface area contributed by atoms with E-state index >= 15 is 0 Å². The van der Waals surface area contributed by atoms with Crippen molar-refractivity contribution in [3.63, 3.8) is 0 Å². The van der Waals surface area contributed by atoms with Crippen molar-refractivity contribution in [2.24, 2.45) is 4.99 Å². The number of hydrogen-bond donors (Lipinski definition) is 2. The zero-order valence-corrected chi connectivity index (χ0v) is 18.6. The van der Waals surface area contributed by atoms with Gasteiger partial charge in [0.1, 0.15) is 30.5 Å². The summed E-state index contributed by atoms with van der Waals surface area (Å²) in [5.41, 5.74) is 1.05. The maximum atomic E-state index is 5.70. The molecule has 2 N–H and O–H groups in total. The first-order valence-electron chi connectivity index (χ1n) is 8.79. The predicted octanol–water partition coefficient (Wildman–Crippen LogP) is 3.62. The van der Waals surface area contributed by atoms with Crippen molar-refractivity contribution in [3.8, 4) is 17.2 Å². The Morgan fingerprint density at radius 3 is 2.43 bits per heavy atom. The van der Waals surface area contributed by atoms with Gasteiger partial charge < -0.3 is 24.8 Å². The second-order valence-electron chi connectivity index (χ2n) is 5.58. The fourth-order valence-electron chi connectivity index (χ4n) is 2.35. The van der Waals surface area contributed by atoms with E-state index in [0.717, 1.165) is 22.8 Å². The van der Waals surface area contributed by atoms with Crippen LogP contribution in [0.3, 0.4) is 0 Å². The first-order chi connectivity index (χ1) is 13.3. The van der Waals surface area contributed by atoms with Gasteiger partial charge in [0, 0.05) is 19.2 Å². The summed E-state index contributed by atoms with van der Waals surface area (Å²) in [4.78, 5) is 4.23. The lowest BCUT2D eigenvalue weighted by atomic mass is 10.2. The molecular weight excluding hydrogens is 469 g/mol. The molecule has 0 unspecified atom stereocenters. The second kappa shape index (κ2) is 13.7. The van der Waals surface area contributed by atoms with Gasteiger partial charge in [-0.05, 0) is 30.3 Å². The molecule has 0 aliphatic rings. The number of benzene rings is 2. The van der Waals surface area contributed by atoms with Crippen LogP contribution in [0.1, 0.15) is 5.56 Å². The van der Waals surface area contributed by atoms with Gasteiger partial charge in [0.15, 0.2) is 5.96 Å². The Morgan fingerprint density at radius 1 is 1.04 bits per heavy atom. The standard InChI is InChI=1S/C21H27N3O3.HI/c1-4-14-27-20-8-6-5-7-17(20)16-24-21(22-2)23-13-15-26-19-11-9-18(25-3)10-12-19;/h4-12H,1,13-16H2,2-3H3,(H2,22,23,24);1H. The third-order valence-corrected chi connectivity index (χ3v) is 3.72. The Labute approximate surface area is 184 Å². The quantitative estimate of drug-likeness (QED) is 0.173.